The molecule has 1 aliphatic carbocycles. The van der Waals surface area contributed by atoms with Crippen molar-refractivity contribution in [3.63, 3.8) is 0 Å². The Kier molecular flexibility index (Phi) is 3.82. The number of likely N-dealkylation sites (tertiary alicyclic amines) is 1. The third-order valence-electron chi connectivity index (χ3n) is 5.34. The van der Waals surface area contributed by atoms with E-state index in [2.05, 4.69) is 10.2 Å². The van der Waals surface area contributed by atoms with E-state index in [1.807, 2.05) is 35.2 Å². The molecular weight excluding hydrogens is 316 g/mol. The highest BCUT2D eigenvalue weighted by Crippen LogP contribution is 2.54. The second-order valence-corrected chi connectivity index (χ2v) is 6.82. The Morgan fingerprint density at radius 2 is 2.04 bits per heavy atom. The van der Waals surface area contributed by atoms with Crippen LogP contribution in [-0.2, 0) is 10.2 Å². The van der Waals surface area contributed by atoms with Crippen LogP contribution in [0.1, 0.15) is 43.0 Å². The summed E-state index contributed by atoms with van der Waals surface area (Å²) in [7, 11) is 1.65. The molecule has 1 aliphatic heterocycles. The molecule has 6 heteroatoms. The van der Waals surface area contributed by atoms with Gasteiger partial charge < -0.3 is 15.4 Å². The van der Waals surface area contributed by atoms with Crippen LogP contribution in [0.3, 0.4) is 0 Å². The number of hydrogen-bond donors (Lipinski definition) is 1. The van der Waals surface area contributed by atoms with Gasteiger partial charge in [0, 0.05) is 12.1 Å². The molecule has 130 valence electrons. The summed E-state index contributed by atoms with van der Waals surface area (Å²) in [6, 6.07) is 11.4. The number of nitrogens with zero attached hydrogens (tertiary/aromatic N) is 3. The van der Waals surface area contributed by atoms with E-state index in [9.17, 15) is 4.79 Å². The number of carbonyl (C=O) groups is 1. The van der Waals surface area contributed by atoms with E-state index in [-0.39, 0.29) is 11.9 Å². The quantitative estimate of drug-likeness (QED) is 0.926. The molecule has 1 amide bonds. The molecule has 2 aliphatic rings. The number of amides is 1. The van der Waals surface area contributed by atoms with Gasteiger partial charge in [-0.2, -0.15) is 5.10 Å². The average Bonchev–Trinajstić information content (AvgIpc) is 3.31. The second-order valence-electron chi connectivity index (χ2n) is 6.82. The molecule has 6 nitrogen and oxygen atoms in total. The predicted octanol–water partition coefficient (Wildman–Crippen LogP) is 2.46. The summed E-state index contributed by atoms with van der Waals surface area (Å²) in [4.78, 5) is 15.4. The highest BCUT2D eigenvalue weighted by molar-refractivity contribution is 5.92. The maximum atomic E-state index is 13.4. The Morgan fingerprint density at radius 3 is 2.72 bits per heavy atom. The van der Waals surface area contributed by atoms with E-state index in [0.29, 0.717) is 5.82 Å². The molecule has 1 aromatic carbocycles. The summed E-state index contributed by atoms with van der Waals surface area (Å²) < 4.78 is 5.50. The van der Waals surface area contributed by atoms with Crippen LogP contribution in [0.25, 0.3) is 0 Å². The molecule has 0 bridgehead atoms. The van der Waals surface area contributed by atoms with E-state index in [4.69, 9.17) is 10.5 Å². The fourth-order valence-electron chi connectivity index (χ4n) is 3.89. The lowest BCUT2D eigenvalue weighted by molar-refractivity contribution is -0.135. The molecule has 25 heavy (non-hydrogen) atoms. The van der Waals surface area contributed by atoms with Crippen molar-refractivity contribution in [3.8, 4) is 5.75 Å². The summed E-state index contributed by atoms with van der Waals surface area (Å²) in [6.45, 7) is 0.756. The lowest BCUT2D eigenvalue weighted by atomic mass is 9.92. The van der Waals surface area contributed by atoms with Crippen LogP contribution in [0.4, 0.5) is 5.82 Å². The van der Waals surface area contributed by atoms with Gasteiger partial charge in [-0.05, 0) is 43.9 Å². The Hall–Kier alpha value is -2.63. The smallest absolute Gasteiger partial charge is 0.233 e. The van der Waals surface area contributed by atoms with Gasteiger partial charge in [-0.3, -0.25) is 4.79 Å². The summed E-state index contributed by atoms with van der Waals surface area (Å²) in [6.07, 6.45) is 3.61. The number of anilines is 1. The number of aromatic nitrogens is 2. The van der Waals surface area contributed by atoms with Gasteiger partial charge in [0.2, 0.25) is 5.91 Å². The lowest BCUT2D eigenvalue weighted by Gasteiger charge is -2.29. The molecule has 4 rings (SSSR count). The summed E-state index contributed by atoms with van der Waals surface area (Å²) in [5.74, 6) is 1.36. The first-order valence-electron chi connectivity index (χ1n) is 8.69. The first kappa shape index (κ1) is 15.9. The van der Waals surface area contributed by atoms with Gasteiger partial charge in [-0.15, -0.1) is 5.10 Å². The number of nitrogen functional groups attached to an aromatic ring is 1. The Bertz CT molecular complexity index is 786. The highest BCUT2D eigenvalue weighted by atomic mass is 16.5. The van der Waals surface area contributed by atoms with Crippen LogP contribution < -0.4 is 10.5 Å². The molecule has 2 N–H and O–H groups in total. The molecule has 2 fully saturated rings. The van der Waals surface area contributed by atoms with Crippen molar-refractivity contribution in [2.45, 2.75) is 37.1 Å². The maximum Gasteiger partial charge on any atom is 0.233 e. The molecule has 0 spiro atoms. The van der Waals surface area contributed by atoms with Crippen molar-refractivity contribution in [2.75, 3.05) is 19.4 Å². The molecular formula is C19H22N4O2. The minimum Gasteiger partial charge on any atom is -0.496 e. The molecule has 1 aromatic heterocycles. The minimum atomic E-state index is -0.448. The SMILES string of the molecule is COc1ccccc1C1(C(=O)N2CCCC2c2ccc(N)nn2)CC1. The number of carbonyl (C=O) groups excluding carboxylic acids is 1. The van der Waals surface area contributed by atoms with Crippen LogP contribution in [0.15, 0.2) is 36.4 Å². The van der Waals surface area contributed by atoms with Crippen molar-refractivity contribution in [1.29, 1.82) is 0 Å². The molecule has 0 radical (unpaired) electrons. The Labute approximate surface area is 147 Å². The molecule has 1 atom stereocenters. The van der Waals surface area contributed by atoms with Crippen molar-refractivity contribution in [1.82, 2.24) is 15.1 Å². The second kappa shape index (κ2) is 6.02. The van der Waals surface area contributed by atoms with Gasteiger partial charge in [-0.1, -0.05) is 18.2 Å². The first-order valence-corrected chi connectivity index (χ1v) is 8.69. The number of para-hydroxylation sites is 1. The number of methoxy groups -OCH3 is 1. The number of nitrogens with two attached hydrogens (primary N) is 1. The van der Waals surface area contributed by atoms with Crippen LogP contribution >= 0.6 is 0 Å². The van der Waals surface area contributed by atoms with Crippen LogP contribution in [0, 0.1) is 0 Å². The third kappa shape index (κ3) is 2.62. The van der Waals surface area contributed by atoms with E-state index in [1.165, 1.54) is 0 Å². The zero-order valence-corrected chi connectivity index (χ0v) is 14.3. The molecule has 1 saturated heterocycles. The van der Waals surface area contributed by atoms with E-state index in [1.54, 1.807) is 13.2 Å². The van der Waals surface area contributed by atoms with Gasteiger partial charge >= 0.3 is 0 Å². The van der Waals surface area contributed by atoms with Gasteiger partial charge in [0.25, 0.3) is 0 Å². The van der Waals surface area contributed by atoms with Crippen molar-refractivity contribution in [3.05, 3.63) is 47.7 Å². The fourth-order valence-corrected chi connectivity index (χ4v) is 3.89. The minimum absolute atomic E-state index is 0.0206. The largest absolute Gasteiger partial charge is 0.496 e. The summed E-state index contributed by atoms with van der Waals surface area (Å²) in [5, 5.41) is 8.16. The van der Waals surface area contributed by atoms with Gasteiger partial charge in [-0.25, -0.2) is 0 Å². The zero-order valence-electron chi connectivity index (χ0n) is 14.3. The van der Waals surface area contributed by atoms with Crippen LogP contribution in [0.5, 0.6) is 5.75 Å². The Morgan fingerprint density at radius 1 is 1.24 bits per heavy atom. The van der Waals surface area contributed by atoms with Crippen LogP contribution in [-0.4, -0.2) is 34.7 Å². The number of hydrogen-bond acceptors (Lipinski definition) is 5. The third-order valence-corrected chi connectivity index (χ3v) is 5.34. The highest BCUT2D eigenvalue weighted by Gasteiger charge is 2.55. The maximum absolute atomic E-state index is 13.4. The monoisotopic (exact) mass is 338 g/mol. The zero-order chi connectivity index (χ0) is 17.4. The molecule has 2 heterocycles. The molecule has 1 unspecified atom stereocenters. The van der Waals surface area contributed by atoms with Crippen molar-refractivity contribution < 1.29 is 9.53 Å². The topological polar surface area (TPSA) is 81.3 Å². The normalized spacial score (nSPS) is 21.2. The van der Waals surface area contributed by atoms with E-state index in [0.717, 1.165) is 49.2 Å². The van der Waals surface area contributed by atoms with Crippen molar-refractivity contribution >= 4 is 11.7 Å². The van der Waals surface area contributed by atoms with E-state index >= 15 is 0 Å². The average molecular weight is 338 g/mol. The summed E-state index contributed by atoms with van der Waals surface area (Å²) >= 11 is 0. The number of rotatable bonds is 4. The van der Waals surface area contributed by atoms with Crippen molar-refractivity contribution in [2.24, 2.45) is 0 Å². The van der Waals surface area contributed by atoms with Gasteiger partial charge in [0.05, 0.1) is 24.3 Å². The number of ether oxygens (including phenoxy) is 1. The van der Waals surface area contributed by atoms with Gasteiger partial charge in [0.15, 0.2) is 0 Å². The number of benzene rings is 1. The van der Waals surface area contributed by atoms with Crippen LogP contribution in [0.2, 0.25) is 0 Å². The standard InChI is InChI=1S/C19H22N4O2/c1-25-16-7-3-2-5-13(16)19(10-11-19)18(24)23-12-4-6-15(23)14-8-9-17(20)22-21-14/h2-3,5,7-9,15H,4,6,10-12H2,1H3,(H2,20,22). The molecule has 1 saturated carbocycles. The first-order chi connectivity index (χ1) is 12.2. The Balaban J connectivity index is 1.64. The van der Waals surface area contributed by atoms with E-state index < -0.39 is 5.41 Å². The summed E-state index contributed by atoms with van der Waals surface area (Å²) in [5.41, 5.74) is 7.00. The predicted molar refractivity (Wildman–Crippen MR) is 94.0 cm³/mol. The molecule has 2 aromatic rings. The lowest BCUT2D eigenvalue weighted by Crippen LogP contribution is -2.39. The van der Waals surface area contributed by atoms with Gasteiger partial charge in [0.1, 0.15) is 11.6 Å². The fraction of sp³-hybridized carbons (Fsp3) is 0.421.